The number of rotatable bonds is 6. The first-order valence-corrected chi connectivity index (χ1v) is 10.2. The number of hydrogen-bond donors (Lipinski definition) is 1. The van der Waals surface area contributed by atoms with Crippen molar-refractivity contribution in [3.05, 3.63) is 23.8 Å². The number of nitrogens with zero attached hydrogens (tertiary/aromatic N) is 2. The van der Waals surface area contributed by atoms with E-state index in [0.29, 0.717) is 13.1 Å². The van der Waals surface area contributed by atoms with E-state index in [-0.39, 0.29) is 18.6 Å². The number of ether oxygens (including phenoxy) is 2. The lowest BCUT2D eigenvalue weighted by atomic mass is 10.0. The van der Waals surface area contributed by atoms with E-state index in [1.807, 2.05) is 32.0 Å². The van der Waals surface area contributed by atoms with Crippen LogP contribution < -0.4 is 14.8 Å². The van der Waals surface area contributed by atoms with Crippen molar-refractivity contribution in [2.24, 2.45) is 5.92 Å². The van der Waals surface area contributed by atoms with Crippen LogP contribution in [0.5, 0.6) is 11.5 Å². The second-order valence-electron chi connectivity index (χ2n) is 7.32. The van der Waals surface area contributed by atoms with Crippen LogP contribution in [0.25, 0.3) is 0 Å². The second-order valence-corrected chi connectivity index (χ2v) is 8.42. The molecule has 2 aliphatic heterocycles. The van der Waals surface area contributed by atoms with Crippen molar-refractivity contribution in [1.82, 2.24) is 15.1 Å². The summed E-state index contributed by atoms with van der Waals surface area (Å²) in [6, 6.07) is 5.32. The van der Waals surface area contributed by atoms with Crippen LogP contribution in [0.3, 0.4) is 0 Å². The molecule has 0 aromatic heterocycles. The van der Waals surface area contributed by atoms with Crippen LogP contribution in [-0.4, -0.2) is 65.5 Å². The number of benzene rings is 1. The van der Waals surface area contributed by atoms with Gasteiger partial charge in [-0.2, -0.15) is 0 Å². The van der Waals surface area contributed by atoms with Gasteiger partial charge in [0.15, 0.2) is 16.3 Å². The highest BCUT2D eigenvalue weighted by molar-refractivity contribution is 6.53. The Labute approximate surface area is 174 Å². The van der Waals surface area contributed by atoms with Crippen molar-refractivity contribution < 1.29 is 19.1 Å². The Hall–Kier alpha value is -1.70. The largest absolute Gasteiger partial charge is 0.454 e. The number of carbonyl (C=O) groups excluding carboxylic acids is 2. The molecular formula is C19H25Cl2N3O4. The highest BCUT2D eigenvalue weighted by atomic mass is 35.5. The molecule has 7 nitrogen and oxygen atoms in total. The van der Waals surface area contributed by atoms with Gasteiger partial charge in [-0.25, -0.2) is 0 Å². The van der Waals surface area contributed by atoms with Gasteiger partial charge in [0.2, 0.25) is 12.7 Å². The Morgan fingerprint density at radius 2 is 1.79 bits per heavy atom. The van der Waals surface area contributed by atoms with Crippen molar-refractivity contribution in [2.75, 3.05) is 33.0 Å². The molecule has 9 heteroatoms. The van der Waals surface area contributed by atoms with E-state index in [1.54, 1.807) is 4.90 Å². The fourth-order valence-electron chi connectivity index (χ4n) is 3.35. The zero-order valence-corrected chi connectivity index (χ0v) is 17.5. The summed E-state index contributed by atoms with van der Waals surface area (Å²) in [4.78, 5) is 27.6. The summed E-state index contributed by atoms with van der Waals surface area (Å²) >= 11 is 11.2. The summed E-state index contributed by atoms with van der Waals surface area (Å²) in [6.07, 6.45) is 0. The standard InChI is InChI=1S/C19H25Cl2N3O4/c1-12(2)16(22-18(25)17(20)21)19(26)24-7-5-23(6-8-24)10-13-3-4-14-15(9-13)28-11-27-14/h3-4,9,12,16-17H,5-8,10-11H2,1-2H3,(H,22,25). The molecule has 1 saturated heterocycles. The second kappa shape index (κ2) is 9.20. The minimum absolute atomic E-state index is 0.0600. The van der Waals surface area contributed by atoms with Crippen LogP contribution in [0.15, 0.2) is 18.2 Å². The molecule has 1 N–H and O–H groups in total. The van der Waals surface area contributed by atoms with Crippen LogP contribution >= 0.6 is 23.2 Å². The molecule has 1 atom stereocenters. The van der Waals surface area contributed by atoms with Crippen molar-refractivity contribution in [1.29, 1.82) is 0 Å². The molecule has 0 aliphatic carbocycles. The van der Waals surface area contributed by atoms with Crippen molar-refractivity contribution >= 4 is 35.0 Å². The van der Waals surface area contributed by atoms with Gasteiger partial charge < -0.3 is 19.7 Å². The molecule has 3 rings (SSSR count). The topological polar surface area (TPSA) is 71.1 Å². The van der Waals surface area contributed by atoms with Gasteiger partial charge in [0.25, 0.3) is 5.91 Å². The Balaban J connectivity index is 1.53. The van der Waals surface area contributed by atoms with E-state index in [4.69, 9.17) is 32.7 Å². The third-order valence-corrected chi connectivity index (χ3v) is 5.35. The molecule has 1 aromatic rings. The highest BCUT2D eigenvalue weighted by Gasteiger charge is 2.31. The Morgan fingerprint density at radius 3 is 2.43 bits per heavy atom. The Kier molecular flexibility index (Phi) is 6.91. The minimum atomic E-state index is -1.19. The molecule has 1 unspecified atom stereocenters. The van der Waals surface area contributed by atoms with Crippen molar-refractivity contribution in [2.45, 2.75) is 31.3 Å². The molecule has 2 aliphatic rings. The number of alkyl halides is 2. The third kappa shape index (κ3) is 5.01. The van der Waals surface area contributed by atoms with Crippen molar-refractivity contribution in [3.63, 3.8) is 0 Å². The molecule has 154 valence electrons. The van der Waals surface area contributed by atoms with Gasteiger partial charge in [0, 0.05) is 32.7 Å². The zero-order valence-electron chi connectivity index (χ0n) is 16.0. The summed E-state index contributed by atoms with van der Waals surface area (Å²) in [7, 11) is 0. The lowest BCUT2D eigenvalue weighted by Crippen LogP contribution is -2.56. The van der Waals surface area contributed by atoms with E-state index >= 15 is 0 Å². The average Bonchev–Trinajstić information content (AvgIpc) is 3.13. The SMILES string of the molecule is CC(C)C(NC(=O)C(Cl)Cl)C(=O)N1CCN(Cc2ccc3c(c2)OCO3)CC1. The van der Waals surface area contributed by atoms with Gasteiger partial charge in [-0.05, 0) is 23.6 Å². The molecule has 2 amide bonds. The monoisotopic (exact) mass is 429 g/mol. The molecule has 2 heterocycles. The first-order chi connectivity index (χ1) is 13.3. The van der Waals surface area contributed by atoms with Crippen LogP contribution in [0, 0.1) is 5.92 Å². The van der Waals surface area contributed by atoms with E-state index < -0.39 is 16.8 Å². The molecule has 0 spiro atoms. The molecule has 0 bridgehead atoms. The number of hydrogen-bond acceptors (Lipinski definition) is 5. The maximum Gasteiger partial charge on any atom is 0.253 e. The minimum Gasteiger partial charge on any atom is -0.454 e. The molecule has 1 aromatic carbocycles. The van der Waals surface area contributed by atoms with Gasteiger partial charge in [0.1, 0.15) is 6.04 Å². The summed E-state index contributed by atoms with van der Waals surface area (Å²) in [5, 5.41) is 2.65. The predicted molar refractivity (Wildman–Crippen MR) is 107 cm³/mol. The van der Waals surface area contributed by atoms with Crippen LogP contribution in [0.2, 0.25) is 0 Å². The van der Waals surface area contributed by atoms with Crippen LogP contribution in [-0.2, 0) is 16.1 Å². The fourth-order valence-corrected chi connectivity index (χ4v) is 3.48. The van der Waals surface area contributed by atoms with E-state index in [1.165, 1.54) is 0 Å². The van der Waals surface area contributed by atoms with Crippen molar-refractivity contribution in [3.8, 4) is 11.5 Å². The van der Waals surface area contributed by atoms with Gasteiger partial charge in [-0.15, -0.1) is 0 Å². The van der Waals surface area contributed by atoms with E-state index in [2.05, 4.69) is 10.2 Å². The Morgan fingerprint density at radius 1 is 1.11 bits per heavy atom. The predicted octanol–water partition coefficient (Wildman–Crippen LogP) is 2.00. The smallest absolute Gasteiger partial charge is 0.253 e. The number of amides is 2. The number of halogens is 2. The number of carbonyl (C=O) groups is 2. The molecule has 1 fully saturated rings. The first-order valence-electron chi connectivity index (χ1n) is 9.33. The molecule has 0 radical (unpaired) electrons. The normalized spacial score (nSPS) is 17.9. The average molecular weight is 430 g/mol. The van der Waals surface area contributed by atoms with Crippen LogP contribution in [0.4, 0.5) is 0 Å². The maximum absolute atomic E-state index is 12.9. The number of piperazine rings is 1. The highest BCUT2D eigenvalue weighted by Crippen LogP contribution is 2.32. The fraction of sp³-hybridized carbons (Fsp3) is 0.579. The third-order valence-electron chi connectivity index (χ3n) is 4.96. The molecule has 28 heavy (non-hydrogen) atoms. The van der Waals surface area contributed by atoms with Gasteiger partial charge in [0.05, 0.1) is 0 Å². The van der Waals surface area contributed by atoms with Crippen LogP contribution in [0.1, 0.15) is 19.4 Å². The zero-order chi connectivity index (χ0) is 20.3. The lowest BCUT2D eigenvalue weighted by Gasteiger charge is -2.37. The summed E-state index contributed by atoms with van der Waals surface area (Å²) in [5.74, 6) is 0.850. The summed E-state index contributed by atoms with van der Waals surface area (Å²) < 4.78 is 10.8. The summed E-state index contributed by atoms with van der Waals surface area (Å²) in [5.41, 5.74) is 1.15. The maximum atomic E-state index is 12.9. The number of fused-ring (bicyclic) bond motifs is 1. The molecule has 0 saturated carbocycles. The molecular weight excluding hydrogens is 405 g/mol. The number of nitrogens with one attached hydrogen (secondary N) is 1. The Bertz CT molecular complexity index is 721. The van der Waals surface area contributed by atoms with Gasteiger partial charge in [-0.3, -0.25) is 14.5 Å². The van der Waals surface area contributed by atoms with Gasteiger partial charge >= 0.3 is 0 Å². The van der Waals surface area contributed by atoms with E-state index in [9.17, 15) is 9.59 Å². The lowest BCUT2D eigenvalue weighted by molar-refractivity contribution is -0.139. The quantitative estimate of drug-likeness (QED) is 0.700. The summed E-state index contributed by atoms with van der Waals surface area (Å²) in [6.45, 7) is 7.54. The van der Waals surface area contributed by atoms with Gasteiger partial charge in [-0.1, -0.05) is 43.1 Å². The first kappa shape index (κ1) is 21.0. The van der Waals surface area contributed by atoms with E-state index in [0.717, 1.165) is 36.7 Å².